The van der Waals surface area contributed by atoms with Crippen molar-refractivity contribution in [3.8, 4) is 0 Å². The summed E-state index contributed by atoms with van der Waals surface area (Å²) in [6, 6.07) is 0. The van der Waals surface area contributed by atoms with E-state index in [4.69, 9.17) is 4.74 Å². The van der Waals surface area contributed by atoms with Gasteiger partial charge in [0.15, 0.2) is 0 Å². The van der Waals surface area contributed by atoms with Crippen LogP contribution in [0.3, 0.4) is 0 Å². The van der Waals surface area contributed by atoms with Crippen molar-refractivity contribution in [2.24, 2.45) is 52.3 Å². The Labute approximate surface area is 296 Å². The minimum Gasteiger partial charge on any atom is -0.462 e. The molecular formula is C46H72O2. The Morgan fingerprint density at radius 1 is 0.833 bits per heavy atom. The van der Waals surface area contributed by atoms with Crippen molar-refractivity contribution in [3.05, 3.63) is 72.4 Å². The van der Waals surface area contributed by atoms with Crippen LogP contribution >= 0.6 is 0 Å². The Morgan fingerprint density at radius 2 is 1.54 bits per heavy atom. The molecule has 0 aromatic carbocycles. The number of allylic oxidation sites excluding steroid dienone is 11. The van der Waals surface area contributed by atoms with E-state index in [1.807, 2.05) is 18.2 Å². The Hall–Kier alpha value is -2.09. The summed E-state index contributed by atoms with van der Waals surface area (Å²) < 4.78 is 6.10. The SMILES string of the molecule is CC/C=C/C=C/C=C\C=C/C=C/CCCCCC(=O)OC1CCC2(C)C(=CCC3C2CCC2(C)C(C(C)CCC(C)C(C)C)CCC32)C1. The summed E-state index contributed by atoms with van der Waals surface area (Å²) in [6.45, 7) is 17.3. The van der Waals surface area contributed by atoms with Gasteiger partial charge in [-0.2, -0.15) is 0 Å². The molecule has 2 heteroatoms. The molecule has 9 unspecified atom stereocenters. The van der Waals surface area contributed by atoms with E-state index in [2.05, 4.69) is 97.1 Å². The van der Waals surface area contributed by atoms with Gasteiger partial charge in [0.25, 0.3) is 0 Å². The zero-order chi connectivity index (χ0) is 34.6. The molecule has 0 spiro atoms. The second-order valence-corrected chi connectivity index (χ2v) is 17.1. The third-order valence-corrected chi connectivity index (χ3v) is 13.9. The lowest BCUT2D eigenvalue weighted by molar-refractivity contribution is -0.151. The van der Waals surface area contributed by atoms with Crippen LogP contribution in [0.1, 0.15) is 151 Å². The second-order valence-electron chi connectivity index (χ2n) is 17.1. The molecule has 4 aliphatic rings. The van der Waals surface area contributed by atoms with Gasteiger partial charge < -0.3 is 4.74 Å². The molecule has 3 fully saturated rings. The monoisotopic (exact) mass is 657 g/mol. The van der Waals surface area contributed by atoms with Crippen LogP contribution in [-0.2, 0) is 9.53 Å². The molecule has 268 valence electrons. The first-order chi connectivity index (χ1) is 23.1. The van der Waals surface area contributed by atoms with E-state index in [0.717, 1.165) is 86.4 Å². The van der Waals surface area contributed by atoms with Gasteiger partial charge in [0.05, 0.1) is 0 Å². The fraction of sp³-hybridized carbons (Fsp3) is 0.717. The van der Waals surface area contributed by atoms with Crippen molar-refractivity contribution in [2.75, 3.05) is 0 Å². The van der Waals surface area contributed by atoms with Gasteiger partial charge in [0.1, 0.15) is 6.10 Å². The summed E-state index contributed by atoms with van der Waals surface area (Å²) in [5.74, 6) is 5.98. The molecular weight excluding hydrogens is 585 g/mol. The van der Waals surface area contributed by atoms with E-state index in [-0.39, 0.29) is 12.1 Å². The number of carbonyl (C=O) groups is 1. The number of hydrogen-bond donors (Lipinski definition) is 0. The van der Waals surface area contributed by atoms with Crippen LogP contribution in [0.5, 0.6) is 0 Å². The highest BCUT2D eigenvalue weighted by Gasteiger charge is 2.59. The summed E-state index contributed by atoms with van der Waals surface area (Å²) in [5, 5.41) is 0. The van der Waals surface area contributed by atoms with E-state index in [0.29, 0.717) is 17.3 Å². The van der Waals surface area contributed by atoms with Crippen LogP contribution in [0.25, 0.3) is 0 Å². The average Bonchev–Trinajstić information content (AvgIpc) is 3.42. The molecule has 0 saturated heterocycles. The number of fused-ring (bicyclic) bond motifs is 5. The fourth-order valence-corrected chi connectivity index (χ4v) is 10.5. The third kappa shape index (κ3) is 10.0. The Morgan fingerprint density at radius 3 is 2.25 bits per heavy atom. The lowest BCUT2D eigenvalue weighted by Crippen LogP contribution is -2.51. The number of carbonyl (C=O) groups excluding carboxylic acids is 1. The molecule has 9 atom stereocenters. The molecule has 0 amide bonds. The topological polar surface area (TPSA) is 26.3 Å². The van der Waals surface area contributed by atoms with Gasteiger partial charge >= 0.3 is 5.97 Å². The van der Waals surface area contributed by atoms with Crippen LogP contribution in [0.4, 0.5) is 0 Å². The van der Waals surface area contributed by atoms with E-state index < -0.39 is 0 Å². The third-order valence-electron chi connectivity index (χ3n) is 13.9. The minimum atomic E-state index is 0.0183. The number of ether oxygens (including phenoxy) is 1. The van der Waals surface area contributed by atoms with E-state index in [1.54, 1.807) is 5.57 Å². The molecule has 4 aliphatic carbocycles. The lowest BCUT2D eigenvalue weighted by Gasteiger charge is -2.58. The fourth-order valence-electron chi connectivity index (χ4n) is 10.5. The summed E-state index contributed by atoms with van der Waals surface area (Å²) in [7, 11) is 0. The predicted molar refractivity (Wildman–Crippen MR) is 207 cm³/mol. The first-order valence-electron chi connectivity index (χ1n) is 20.3. The zero-order valence-electron chi connectivity index (χ0n) is 32.1. The molecule has 2 nitrogen and oxygen atoms in total. The van der Waals surface area contributed by atoms with Crippen molar-refractivity contribution in [2.45, 2.75) is 157 Å². The molecule has 0 radical (unpaired) electrons. The van der Waals surface area contributed by atoms with Crippen LogP contribution in [0.2, 0.25) is 0 Å². The number of esters is 1. The van der Waals surface area contributed by atoms with Gasteiger partial charge in [-0.1, -0.05) is 140 Å². The Kier molecular flexibility index (Phi) is 15.1. The van der Waals surface area contributed by atoms with Gasteiger partial charge in [-0.3, -0.25) is 4.79 Å². The second kappa shape index (κ2) is 18.8. The molecule has 0 aromatic heterocycles. The highest BCUT2D eigenvalue weighted by molar-refractivity contribution is 5.69. The van der Waals surface area contributed by atoms with Gasteiger partial charge in [-0.05, 0) is 123 Å². The first-order valence-corrected chi connectivity index (χ1v) is 20.3. The van der Waals surface area contributed by atoms with E-state index in [1.165, 1.54) is 51.4 Å². The van der Waals surface area contributed by atoms with E-state index in [9.17, 15) is 4.79 Å². The van der Waals surface area contributed by atoms with Crippen LogP contribution in [-0.4, -0.2) is 12.1 Å². The van der Waals surface area contributed by atoms with Crippen molar-refractivity contribution in [3.63, 3.8) is 0 Å². The number of hydrogen-bond acceptors (Lipinski definition) is 2. The molecule has 48 heavy (non-hydrogen) atoms. The molecule has 0 aromatic rings. The zero-order valence-corrected chi connectivity index (χ0v) is 32.1. The summed E-state index contributed by atoms with van der Waals surface area (Å²) in [4.78, 5) is 12.8. The van der Waals surface area contributed by atoms with E-state index >= 15 is 0 Å². The minimum absolute atomic E-state index is 0.0183. The lowest BCUT2D eigenvalue weighted by atomic mass is 9.47. The maximum absolute atomic E-state index is 12.8. The largest absolute Gasteiger partial charge is 0.462 e. The van der Waals surface area contributed by atoms with Gasteiger partial charge in [0.2, 0.25) is 0 Å². The molecule has 0 bridgehead atoms. The van der Waals surface area contributed by atoms with Crippen molar-refractivity contribution in [1.29, 1.82) is 0 Å². The average molecular weight is 657 g/mol. The predicted octanol–water partition coefficient (Wildman–Crippen LogP) is 13.3. The van der Waals surface area contributed by atoms with Crippen LogP contribution < -0.4 is 0 Å². The molecule has 0 heterocycles. The maximum atomic E-state index is 12.8. The number of rotatable bonds is 17. The Bertz CT molecular complexity index is 1180. The summed E-state index contributed by atoms with van der Waals surface area (Å²) >= 11 is 0. The molecule has 0 N–H and O–H groups in total. The molecule has 0 aliphatic heterocycles. The summed E-state index contributed by atoms with van der Waals surface area (Å²) in [6.07, 6.45) is 42.4. The highest BCUT2D eigenvalue weighted by Crippen LogP contribution is 2.67. The highest BCUT2D eigenvalue weighted by atomic mass is 16.5. The van der Waals surface area contributed by atoms with Gasteiger partial charge in [0, 0.05) is 12.8 Å². The molecule has 3 saturated carbocycles. The summed E-state index contributed by atoms with van der Waals surface area (Å²) in [5.41, 5.74) is 2.47. The smallest absolute Gasteiger partial charge is 0.306 e. The Balaban J connectivity index is 1.17. The van der Waals surface area contributed by atoms with Gasteiger partial charge in [-0.15, -0.1) is 0 Å². The maximum Gasteiger partial charge on any atom is 0.306 e. The van der Waals surface area contributed by atoms with Crippen LogP contribution in [0, 0.1) is 52.3 Å². The quantitative estimate of drug-likeness (QED) is 0.0674. The van der Waals surface area contributed by atoms with Crippen molar-refractivity contribution >= 4 is 5.97 Å². The first kappa shape index (κ1) is 38.7. The standard InChI is InChI=1S/C46H72O2/c1-8-9-10-11-12-13-14-15-16-17-18-19-20-21-22-23-44(47)48-39-30-32-45(6)38(34-39)26-27-40-42-29-28-41(46(42,7)33-31-43(40)45)37(5)25-24-36(4)35(2)3/h9-18,26,35-37,39-43H,8,19-25,27-34H2,1-7H3/b10-9+,12-11+,14-13-,16-15-,18-17+. The normalized spacial score (nSPS) is 33.5. The van der Waals surface area contributed by atoms with Crippen molar-refractivity contribution in [1.82, 2.24) is 0 Å². The van der Waals surface area contributed by atoms with Gasteiger partial charge in [-0.25, -0.2) is 0 Å². The van der Waals surface area contributed by atoms with Crippen molar-refractivity contribution < 1.29 is 9.53 Å². The number of unbranched alkanes of at least 4 members (excludes halogenated alkanes) is 3. The molecule has 4 rings (SSSR count). The van der Waals surface area contributed by atoms with Crippen LogP contribution in [0.15, 0.2) is 72.4 Å².